The monoisotopic (exact) mass is 400 g/mol. The zero-order chi connectivity index (χ0) is 19.4. The third-order valence-corrected chi connectivity index (χ3v) is 4.84. The number of hydrogen-bond acceptors (Lipinski definition) is 6. The highest BCUT2D eigenvalue weighted by molar-refractivity contribution is 8.18. The maximum absolute atomic E-state index is 12.7. The summed E-state index contributed by atoms with van der Waals surface area (Å²) in [5, 5.41) is 11.8. The molecular weight excluding hydrogens is 388 g/mol. The molecule has 1 aromatic carbocycles. The van der Waals surface area contributed by atoms with E-state index in [1.54, 1.807) is 36.5 Å². The third-order valence-electron chi connectivity index (χ3n) is 3.55. The number of halogens is 1. The maximum Gasteiger partial charge on any atom is 0.270 e. The highest BCUT2D eigenvalue weighted by Crippen LogP contribution is 2.35. The third kappa shape index (κ3) is 4.24. The van der Waals surface area contributed by atoms with Gasteiger partial charge in [0.2, 0.25) is 0 Å². The van der Waals surface area contributed by atoms with E-state index in [9.17, 15) is 14.9 Å². The van der Waals surface area contributed by atoms with Crippen molar-refractivity contribution in [1.29, 1.82) is 0 Å². The molecule has 0 radical (unpaired) electrons. The minimum absolute atomic E-state index is 0.0415. The van der Waals surface area contributed by atoms with Crippen LogP contribution in [0.5, 0.6) is 0 Å². The maximum atomic E-state index is 12.7. The summed E-state index contributed by atoms with van der Waals surface area (Å²) in [5.74, 6) is -0.254. The Morgan fingerprint density at radius 2 is 2.22 bits per heavy atom. The number of benzene rings is 1. The number of amides is 1. The zero-order valence-electron chi connectivity index (χ0n) is 13.9. The number of nitro groups is 1. The predicted octanol–water partition coefficient (Wildman–Crippen LogP) is 4.43. The van der Waals surface area contributed by atoms with Gasteiger partial charge in [-0.2, -0.15) is 0 Å². The van der Waals surface area contributed by atoms with Crippen LogP contribution >= 0.6 is 23.4 Å². The second-order valence-corrected chi connectivity index (χ2v) is 6.80. The minimum atomic E-state index is -0.478. The Balaban J connectivity index is 1.98. The number of aliphatic imine (C=N–C) groups is 1. The number of amidine groups is 1. The van der Waals surface area contributed by atoms with Crippen LogP contribution in [0.15, 0.2) is 65.3 Å². The molecule has 1 aliphatic rings. The molecule has 2 heterocycles. The van der Waals surface area contributed by atoms with Crippen LogP contribution in [0.4, 0.5) is 11.4 Å². The molecule has 1 amide bonds. The topological polar surface area (TPSA) is 88.7 Å². The number of carbonyl (C=O) groups is 1. The Kier molecular flexibility index (Phi) is 5.68. The van der Waals surface area contributed by atoms with E-state index in [4.69, 9.17) is 11.6 Å². The van der Waals surface area contributed by atoms with Crippen molar-refractivity contribution >= 4 is 51.9 Å². The molecule has 0 saturated carbocycles. The summed E-state index contributed by atoms with van der Waals surface area (Å²) in [7, 11) is 0. The lowest BCUT2D eigenvalue weighted by Gasteiger charge is -2.12. The van der Waals surface area contributed by atoms with Gasteiger partial charge in [0.1, 0.15) is 0 Å². The minimum Gasteiger partial charge on any atom is -0.283 e. The molecule has 0 atom stereocenters. The fourth-order valence-electron chi connectivity index (χ4n) is 2.32. The Hall–Kier alpha value is -2.97. The molecule has 0 spiro atoms. The van der Waals surface area contributed by atoms with Crippen molar-refractivity contribution in [1.82, 2.24) is 9.88 Å². The van der Waals surface area contributed by atoms with Crippen molar-refractivity contribution in [2.45, 2.75) is 0 Å². The fourth-order valence-corrected chi connectivity index (χ4v) is 3.48. The normalized spacial score (nSPS) is 16.9. The van der Waals surface area contributed by atoms with Gasteiger partial charge in [-0.05, 0) is 29.5 Å². The van der Waals surface area contributed by atoms with E-state index >= 15 is 0 Å². The number of pyridine rings is 1. The van der Waals surface area contributed by atoms with Crippen molar-refractivity contribution in [3.63, 3.8) is 0 Å². The number of thioether (sulfide) groups is 1. The van der Waals surface area contributed by atoms with Crippen LogP contribution in [-0.4, -0.2) is 32.4 Å². The second kappa shape index (κ2) is 8.15. The summed E-state index contributed by atoms with van der Waals surface area (Å²) in [5.41, 5.74) is 1.01. The van der Waals surface area contributed by atoms with Gasteiger partial charge < -0.3 is 0 Å². The van der Waals surface area contributed by atoms with Gasteiger partial charge in [0.15, 0.2) is 5.17 Å². The average molecular weight is 401 g/mol. The number of rotatable bonds is 5. The van der Waals surface area contributed by atoms with Crippen molar-refractivity contribution in [2.24, 2.45) is 4.99 Å². The molecule has 27 heavy (non-hydrogen) atoms. The molecule has 9 heteroatoms. The van der Waals surface area contributed by atoms with Crippen LogP contribution in [0.3, 0.4) is 0 Å². The van der Waals surface area contributed by atoms with Crippen LogP contribution in [0.25, 0.3) is 6.08 Å². The molecule has 0 aliphatic carbocycles. The molecule has 3 rings (SSSR count). The molecular formula is C18H13ClN4O3S. The number of hydrogen-bond donors (Lipinski definition) is 0. The van der Waals surface area contributed by atoms with Gasteiger partial charge in [0, 0.05) is 31.1 Å². The zero-order valence-corrected chi connectivity index (χ0v) is 15.5. The molecule has 1 saturated heterocycles. The first kappa shape index (κ1) is 18.8. The van der Waals surface area contributed by atoms with Gasteiger partial charge in [-0.1, -0.05) is 29.8 Å². The van der Waals surface area contributed by atoms with E-state index in [-0.39, 0.29) is 18.1 Å². The Morgan fingerprint density at radius 3 is 2.93 bits per heavy atom. The summed E-state index contributed by atoms with van der Waals surface area (Å²) in [4.78, 5) is 33.4. The van der Waals surface area contributed by atoms with Crippen LogP contribution in [0.1, 0.15) is 5.56 Å². The van der Waals surface area contributed by atoms with Crippen molar-refractivity contribution in [2.75, 3.05) is 6.54 Å². The second-order valence-electron chi connectivity index (χ2n) is 5.39. The van der Waals surface area contributed by atoms with Crippen LogP contribution in [0.2, 0.25) is 5.02 Å². The highest BCUT2D eigenvalue weighted by atomic mass is 35.5. The molecule has 1 aliphatic heterocycles. The lowest BCUT2D eigenvalue weighted by atomic mass is 10.2. The summed E-state index contributed by atoms with van der Waals surface area (Å²) >= 11 is 7.27. The molecule has 0 bridgehead atoms. The molecule has 0 unspecified atom stereocenters. The first-order chi connectivity index (χ1) is 13.0. The smallest absolute Gasteiger partial charge is 0.270 e. The SMILES string of the molecule is C=CCN1C(=O)/C(=C/c2cccc([N+](=O)[O-])c2)SC1=Nc1ccncc1Cl. The van der Waals surface area contributed by atoms with E-state index in [2.05, 4.69) is 16.6 Å². The molecule has 1 aromatic heterocycles. The van der Waals surface area contributed by atoms with Gasteiger partial charge in [0.25, 0.3) is 11.6 Å². The largest absolute Gasteiger partial charge is 0.283 e. The number of carbonyl (C=O) groups excluding carboxylic acids is 1. The Bertz CT molecular complexity index is 990. The van der Waals surface area contributed by atoms with Crippen molar-refractivity contribution in [3.8, 4) is 0 Å². The number of non-ortho nitro benzene ring substituents is 1. The van der Waals surface area contributed by atoms with Crippen LogP contribution in [0, 0.1) is 10.1 Å². The summed E-state index contributed by atoms with van der Waals surface area (Å²) in [6, 6.07) is 7.72. The summed E-state index contributed by atoms with van der Waals surface area (Å²) < 4.78 is 0. The number of nitrogens with zero attached hydrogens (tertiary/aromatic N) is 4. The molecule has 1 fully saturated rings. The molecule has 7 nitrogen and oxygen atoms in total. The van der Waals surface area contributed by atoms with Crippen molar-refractivity contribution in [3.05, 3.63) is 81.0 Å². The summed E-state index contributed by atoms with van der Waals surface area (Å²) in [6.45, 7) is 3.95. The predicted molar refractivity (Wildman–Crippen MR) is 107 cm³/mol. The van der Waals surface area contributed by atoms with E-state index in [0.717, 1.165) is 0 Å². The van der Waals surface area contributed by atoms with E-state index < -0.39 is 4.92 Å². The van der Waals surface area contributed by atoms with Gasteiger partial charge in [-0.3, -0.25) is 24.8 Å². The first-order valence-electron chi connectivity index (χ1n) is 7.74. The lowest BCUT2D eigenvalue weighted by Crippen LogP contribution is -2.29. The Morgan fingerprint density at radius 1 is 1.41 bits per heavy atom. The highest BCUT2D eigenvalue weighted by Gasteiger charge is 2.32. The quantitative estimate of drug-likeness (QED) is 0.320. The first-order valence-corrected chi connectivity index (χ1v) is 8.94. The molecule has 136 valence electrons. The summed E-state index contributed by atoms with van der Waals surface area (Å²) in [6.07, 6.45) is 6.23. The van der Waals surface area contributed by atoms with Crippen LogP contribution < -0.4 is 0 Å². The van der Waals surface area contributed by atoms with Crippen LogP contribution in [-0.2, 0) is 4.79 Å². The Labute approximate surface area is 164 Å². The van der Waals surface area contributed by atoms with Gasteiger partial charge >= 0.3 is 0 Å². The molecule has 0 N–H and O–H groups in total. The van der Waals surface area contributed by atoms with Gasteiger partial charge in [-0.25, -0.2) is 4.99 Å². The van der Waals surface area contributed by atoms with E-state index in [1.165, 1.54) is 35.0 Å². The van der Waals surface area contributed by atoms with E-state index in [0.29, 0.717) is 26.3 Å². The van der Waals surface area contributed by atoms with E-state index in [1.807, 2.05) is 0 Å². The van der Waals surface area contributed by atoms with Gasteiger partial charge in [0.05, 0.1) is 20.5 Å². The number of aromatic nitrogens is 1. The lowest BCUT2D eigenvalue weighted by molar-refractivity contribution is -0.384. The van der Waals surface area contributed by atoms with Gasteiger partial charge in [-0.15, -0.1) is 6.58 Å². The number of nitro benzene ring substituents is 1. The standard InChI is InChI=1S/C18H13ClN4O3S/c1-2-8-22-17(24)16(10-12-4-3-5-13(9-12)23(25)26)27-18(22)21-15-6-7-20-11-14(15)19/h2-7,9-11H,1,8H2/b16-10-,21-18?. The molecule has 2 aromatic rings. The fraction of sp³-hybridized carbons (Fsp3) is 0.0556. The van der Waals surface area contributed by atoms with Crippen molar-refractivity contribution < 1.29 is 9.72 Å². The average Bonchev–Trinajstić information content (AvgIpc) is 2.93.